The van der Waals surface area contributed by atoms with Gasteiger partial charge in [-0.1, -0.05) is 33.1 Å². The Morgan fingerprint density at radius 2 is 1.64 bits per heavy atom. The van der Waals surface area contributed by atoms with Crippen LogP contribution in [0.4, 0.5) is 4.79 Å². The summed E-state index contributed by atoms with van der Waals surface area (Å²) in [4.78, 5) is 47.6. The number of carbonyl (C=O) groups excluding carboxylic acids is 4. The molecule has 16 nitrogen and oxygen atoms in total. The Hall–Kier alpha value is -2.24. The van der Waals surface area contributed by atoms with E-state index in [2.05, 4.69) is 26.6 Å². The minimum Gasteiger partial charge on any atom is -0.379 e. The van der Waals surface area contributed by atoms with Gasteiger partial charge in [-0.25, -0.2) is 4.79 Å². The van der Waals surface area contributed by atoms with Crippen LogP contribution in [0.1, 0.15) is 97.8 Å². The Labute approximate surface area is 331 Å². The summed E-state index contributed by atoms with van der Waals surface area (Å²) in [7, 11) is -2.23. The Bertz CT molecular complexity index is 1280. The number of unbranched alkanes of at least 4 members (excludes halogenated alkanes) is 4. The third kappa shape index (κ3) is 17.0. The second kappa shape index (κ2) is 25.9. The number of rotatable bonds is 29. The summed E-state index contributed by atoms with van der Waals surface area (Å²) in [5.74, 6) is 0.671. The molecular weight excluding hydrogens is 751 g/mol. The number of hydrogen-bond acceptors (Lipinski definition) is 12. The summed E-state index contributed by atoms with van der Waals surface area (Å²) in [6.45, 7) is 8.17. The van der Waals surface area contributed by atoms with Crippen LogP contribution in [0.15, 0.2) is 11.4 Å². The predicted octanol–water partition coefficient (Wildman–Crippen LogP) is 3.48. The molecule has 0 bridgehead atoms. The van der Waals surface area contributed by atoms with Gasteiger partial charge < -0.3 is 55.6 Å². The number of ether oxygens (including phenoxy) is 3. The molecular formula is C37H67N6O10PS. The van der Waals surface area contributed by atoms with Crippen LogP contribution < -0.4 is 32.3 Å². The predicted molar refractivity (Wildman–Crippen MR) is 213 cm³/mol. The van der Waals surface area contributed by atoms with Crippen LogP contribution in [0.5, 0.6) is 0 Å². The van der Waals surface area contributed by atoms with Crippen LogP contribution in [0.25, 0.3) is 0 Å². The van der Waals surface area contributed by atoms with E-state index < -0.39 is 25.8 Å². The highest BCUT2D eigenvalue weighted by atomic mass is 32.2. The molecule has 2 heterocycles. The summed E-state index contributed by atoms with van der Waals surface area (Å²) in [6, 6.07) is -0.600. The quantitative estimate of drug-likeness (QED) is 0.0364. The molecule has 3 aliphatic rings. The lowest BCUT2D eigenvalue weighted by molar-refractivity contribution is -0.122. The second-order valence-corrected chi connectivity index (χ2v) is 17.7. The Morgan fingerprint density at radius 3 is 2.36 bits per heavy atom. The first kappa shape index (κ1) is 47.1. The highest BCUT2D eigenvalue weighted by molar-refractivity contribution is 8.00. The number of carbonyl (C=O) groups is 4. The molecule has 2 aliphatic heterocycles. The van der Waals surface area contributed by atoms with Crippen LogP contribution in [0, 0.1) is 0 Å². The zero-order chi connectivity index (χ0) is 40.1. The monoisotopic (exact) mass is 818 g/mol. The number of nitrogens with two attached hydrogens (primary N) is 1. The molecule has 2 saturated heterocycles. The van der Waals surface area contributed by atoms with Gasteiger partial charge in [0.2, 0.25) is 17.7 Å². The summed E-state index contributed by atoms with van der Waals surface area (Å²) in [5.41, 5.74) is 6.44. The maximum Gasteiger partial charge on any atom is 0.356 e. The number of thioether (sulfide) groups is 1. The van der Waals surface area contributed by atoms with Crippen molar-refractivity contribution >= 4 is 43.1 Å². The van der Waals surface area contributed by atoms with Crippen molar-refractivity contribution in [2.24, 2.45) is 5.73 Å². The molecule has 0 saturated carbocycles. The van der Waals surface area contributed by atoms with E-state index in [0.29, 0.717) is 62.9 Å². The first-order valence-electron chi connectivity index (χ1n) is 20.1. The van der Waals surface area contributed by atoms with E-state index in [0.717, 1.165) is 57.1 Å². The molecule has 7 unspecified atom stereocenters. The average molecular weight is 819 g/mol. The lowest BCUT2D eigenvalue weighted by Crippen LogP contribution is -2.56. The molecule has 55 heavy (non-hydrogen) atoms. The van der Waals surface area contributed by atoms with Crippen molar-refractivity contribution in [2.45, 2.75) is 139 Å². The first-order valence-corrected chi connectivity index (χ1v) is 22.7. The third-order valence-corrected chi connectivity index (χ3v) is 13.5. The van der Waals surface area contributed by atoms with Crippen LogP contribution >= 0.6 is 19.4 Å². The van der Waals surface area contributed by atoms with Gasteiger partial charge in [0.25, 0.3) is 0 Å². The van der Waals surface area contributed by atoms with E-state index in [1.807, 2.05) is 25.6 Å². The fourth-order valence-electron chi connectivity index (χ4n) is 6.87. The fourth-order valence-corrected chi connectivity index (χ4v) is 10.1. The Morgan fingerprint density at radius 1 is 0.927 bits per heavy atom. The van der Waals surface area contributed by atoms with Crippen molar-refractivity contribution in [2.75, 3.05) is 59.0 Å². The highest BCUT2D eigenvalue weighted by Gasteiger charge is 2.43. The molecule has 2 fully saturated rings. The number of urea groups is 1. The third-order valence-electron chi connectivity index (χ3n) is 9.99. The molecule has 0 aromatic rings. The molecule has 316 valence electrons. The maximum absolute atomic E-state index is 13.7. The smallest absolute Gasteiger partial charge is 0.356 e. The SMILES string of the molecule is CCC(CC)OC1C=C(P(=O)(OC)OCCCCCCNC(=O)CCOCCOCCNC(=O)CCCCC2SCC3NC(=O)NC32)CC(N)C1NC(C)=O. The summed E-state index contributed by atoms with van der Waals surface area (Å²) in [5, 5.41) is 15.5. The van der Waals surface area contributed by atoms with E-state index in [1.54, 1.807) is 6.08 Å². The van der Waals surface area contributed by atoms with Crippen molar-refractivity contribution in [3.05, 3.63) is 11.4 Å². The van der Waals surface area contributed by atoms with Crippen LogP contribution in [0.3, 0.4) is 0 Å². The van der Waals surface area contributed by atoms with Crippen LogP contribution in [-0.4, -0.2) is 124 Å². The van der Waals surface area contributed by atoms with Gasteiger partial charge in [-0.2, -0.15) is 11.8 Å². The fraction of sp³-hybridized carbons (Fsp3) is 0.838. The number of amides is 5. The van der Waals surface area contributed by atoms with Gasteiger partial charge in [-0.05, 0) is 51.0 Å². The van der Waals surface area contributed by atoms with Crippen molar-refractivity contribution in [1.82, 2.24) is 26.6 Å². The number of nitrogens with one attached hydrogen (secondary N) is 5. The summed E-state index contributed by atoms with van der Waals surface area (Å²) >= 11 is 1.89. The largest absolute Gasteiger partial charge is 0.379 e. The van der Waals surface area contributed by atoms with Gasteiger partial charge in [-0.3, -0.25) is 18.9 Å². The van der Waals surface area contributed by atoms with Crippen LogP contribution in [0.2, 0.25) is 0 Å². The molecule has 0 spiro atoms. The van der Waals surface area contributed by atoms with Gasteiger partial charge in [-0.15, -0.1) is 0 Å². The molecule has 5 amide bonds. The normalized spacial score (nSPS) is 24.4. The molecule has 0 aromatic heterocycles. The molecule has 0 radical (unpaired) electrons. The van der Waals surface area contributed by atoms with Crippen molar-refractivity contribution in [3.63, 3.8) is 0 Å². The topological polar surface area (TPSA) is 218 Å². The summed E-state index contributed by atoms with van der Waals surface area (Å²) in [6.07, 6.45) is 9.69. The molecule has 1 aliphatic carbocycles. The molecule has 18 heteroatoms. The van der Waals surface area contributed by atoms with E-state index in [9.17, 15) is 23.7 Å². The van der Waals surface area contributed by atoms with Gasteiger partial charge in [0.1, 0.15) is 0 Å². The van der Waals surface area contributed by atoms with E-state index in [4.69, 9.17) is 29.0 Å². The van der Waals surface area contributed by atoms with E-state index >= 15 is 0 Å². The van der Waals surface area contributed by atoms with E-state index in [1.165, 1.54) is 14.0 Å². The molecule has 0 aromatic carbocycles. The van der Waals surface area contributed by atoms with Gasteiger partial charge in [0, 0.05) is 62.3 Å². The number of hydrogen-bond donors (Lipinski definition) is 6. The number of fused-ring (bicyclic) bond motifs is 1. The van der Waals surface area contributed by atoms with E-state index in [-0.39, 0.29) is 61.4 Å². The van der Waals surface area contributed by atoms with Crippen molar-refractivity contribution in [3.8, 4) is 0 Å². The highest BCUT2D eigenvalue weighted by Crippen LogP contribution is 2.58. The molecule has 3 rings (SSSR count). The van der Waals surface area contributed by atoms with Crippen molar-refractivity contribution in [1.29, 1.82) is 0 Å². The zero-order valence-corrected chi connectivity index (χ0v) is 35.0. The minimum atomic E-state index is -3.60. The van der Waals surface area contributed by atoms with Gasteiger partial charge in [0.05, 0.1) is 63.4 Å². The van der Waals surface area contributed by atoms with Crippen molar-refractivity contribution < 1.29 is 47.0 Å². The summed E-state index contributed by atoms with van der Waals surface area (Å²) < 4.78 is 42.2. The lowest BCUT2D eigenvalue weighted by Gasteiger charge is -2.38. The van der Waals surface area contributed by atoms with Crippen LogP contribution in [-0.2, 0) is 42.2 Å². The second-order valence-electron chi connectivity index (χ2n) is 14.3. The van der Waals surface area contributed by atoms with Gasteiger partial charge >= 0.3 is 13.6 Å². The Balaban J connectivity index is 1.14. The average Bonchev–Trinajstić information content (AvgIpc) is 3.72. The molecule has 7 atom stereocenters. The maximum atomic E-state index is 13.7. The zero-order valence-electron chi connectivity index (χ0n) is 33.3. The lowest BCUT2D eigenvalue weighted by atomic mass is 9.93. The first-order chi connectivity index (χ1) is 26.5. The van der Waals surface area contributed by atoms with Gasteiger partial charge in [0.15, 0.2) is 0 Å². The minimum absolute atomic E-state index is 0.0117. The standard InChI is InChI=1S/C37H67N6O10PS/c1-5-27(6-2)53-31-24-28(23-29(38)35(31)41-26(3)44)54(48,49-4)52-18-12-8-7-11-16-39-34(46)15-19-50-21-22-51-20-17-40-33(45)14-10-9-13-32-36-30(25-55-32)42-37(47)43-36/h24,27,29-32,35-36H,5-23,25,38H2,1-4H3,(H,39,46)(H,40,45)(H,41,44)(H2,42,43,47). The Kier molecular flexibility index (Phi) is 22.2. The molecule has 7 N–H and O–H groups in total.